The van der Waals surface area contributed by atoms with Gasteiger partial charge in [0.05, 0.1) is 17.3 Å². The highest BCUT2D eigenvalue weighted by Crippen LogP contribution is 2.40. The summed E-state index contributed by atoms with van der Waals surface area (Å²) in [4.78, 5) is 70.1. The number of hydrogen-bond donors (Lipinski definition) is 5. The highest BCUT2D eigenvalue weighted by Gasteiger charge is 2.54. The number of nitrogens with zero attached hydrogens (tertiary/aromatic N) is 2. The number of H-pyrrole nitrogens is 1. The van der Waals surface area contributed by atoms with Crippen molar-refractivity contribution in [3.8, 4) is 0 Å². The number of aliphatic carboxylic acids is 1. The van der Waals surface area contributed by atoms with Crippen LogP contribution in [0, 0.1) is 0 Å². The minimum absolute atomic E-state index is 0.0220. The van der Waals surface area contributed by atoms with Crippen molar-refractivity contribution in [2.45, 2.75) is 17.5 Å². The quantitative estimate of drug-likeness (QED) is 0.249. The number of rotatable bonds is 8. The van der Waals surface area contributed by atoms with Crippen LogP contribution < -0.4 is 16.4 Å². The largest absolute Gasteiger partial charge is 0.477 e. The van der Waals surface area contributed by atoms with Crippen molar-refractivity contribution in [2.24, 2.45) is 5.73 Å². The number of imidazole rings is 1. The fraction of sp³-hybridized carbons (Fsp3) is 0.217. The first-order valence-electron chi connectivity index (χ1n) is 11.2. The number of benzene rings is 1. The summed E-state index contributed by atoms with van der Waals surface area (Å²) in [6.07, 6.45) is 0.249. The van der Waals surface area contributed by atoms with E-state index in [2.05, 4.69) is 20.6 Å². The van der Waals surface area contributed by atoms with Crippen LogP contribution in [0.5, 0.6) is 0 Å². The van der Waals surface area contributed by atoms with Crippen LogP contribution in [0.1, 0.15) is 22.4 Å². The highest BCUT2D eigenvalue weighted by molar-refractivity contribution is 8.00. The summed E-state index contributed by atoms with van der Waals surface area (Å²) in [5.74, 6) is -3.27. The van der Waals surface area contributed by atoms with Crippen LogP contribution in [0.25, 0.3) is 11.0 Å². The summed E-state index contributed by atoms with van der Waals surface area (Å²) in [6, 6.07) is 7.67. The molecule has 14 nitrogen and oxygen atoms in total. The van der Waals surface area contributed by atoms with E-state index in [0.717, 1.165) is 4.90 Å². The fourth-order valence-corrected chi connectivity index (χ4v) is 5.50. The molecule has 0 spiro atoms. The number of aromatic amines is 1. The molecule has 3 atom stereocenters. The van der Waals surface area contributed by atoms with E-state index in [-0.39, 0.29) is 35.2 Å². The number of carbonyl (C=O) groups excluding carboxylic acids is 4. The second-order valence-corrected chi connectivity index (χ2v) is 9.39. The molecule has 1 fully saturated rings. The lowest BCUT2D eigenvalue weighted by Crippen LogP contribution is -2.71. The van der Waals surface area contributed by atoms with Gasteiger partial charge in [-0.15, -0.1) is 11.8 Å². The van der Waals surface area contributed by atoms with Crippen molar-refractivity contribution in [2.75, 3.05) is 12.4 Å². The van der Waals surface area contributed by atoms with E-state index in [1.54, 1.807) is 24.3 Å². The van der Waals surface area contributed by atoms with E-state index in [0.29, 0.717) is 11.0 Å². The molecule has 0 bridgehead atoms. The maximum absolute atomic E-state index is 13.3. The zero-order valence-electron chi connectivity index (χ0n) is 19.4. The van der Waals surface area contributed by atoms with Crippen molar-refractivity contribution in [3.63, 3.8) is 0 Å². The number of amides is 4. The molecule has 15 heteroatoms. The van der Waals surface area contributed by atoms with E-state index in [4.69, 9.17) is 14.9 Å². The standard InChI is InChI=1S/C23H20N6O8S/c24-23(35)37-8-10-9-38-21-15(20(32)29(21)16(10)22(33)34)28-18(30)14(13-6-3-7-36-13)27-19(31)17-25-11-4-1-2-5-12(11)26-17/h1-7,14-15,21H,8-9H2,(H2,24,35)(H,25,26)(H,27,31)(H,28,30)(H,33,34)/t14?,15?,21-/m1/s1. The second-order valence-electron chi connectivity index (χ2n) is 8.29. The third-order valence-corrected chi connectivity index (χ3v) is 7.25. The van der Waals surface area contributed by atoms with Crippen LogP contribution in [0.15, 0.2) is 58.3 Å². The summed E-state index contributed by atoms with van der Waals surface area (Å²) >= 11 is 1.18. The molecule has 196 valence electrons. The van der Waals surface area contributed by atoms with E-state index in [1.165, 1.54) is 30.2 Å². The van der Waals surface area contributed by atoms with E-state index in [9.17, 15) is 29.1 Å². The number of fused-ring (bicyclic) bond motifs is 2. The number of aromatic nitrogens is 2. The maximum Gasteiger partial charge on any atom is 0.404 e. The molecule has 3 aromatic rings. The van der Waals surface area contributed by atoms with Gasteiger partial charge in [-0.3, -0.25) is 19.3 Å². The summed E-state index contributed by atoms with van der Waals surface area (Å²) in [5, 5.41) is 14.1. The Labute approximate surface area is 217 Å². The van der Waals surface area contributed by atoms with E-state index < -0.39 is 47.2 Å². The number of ether oxygens (including phenoxy) is 1. The average molecular weight is 541 g/mol. The van der Waals surface area contributed by atoms with Gasteiger partial charge in [0.1, 0.15) is 29.5 Å². The van der Waals surface area contributed by atoms with Gasteiger partial charge in [-0.1, -0.05) is 12.1 Å². The molecule has 0 aliphatic carbocycles. The Hall–Kier alpha value is -4.79. The molecule has 4 heterocycles. The van der Waals surface area contributed by atoms with Crippen molar-refractivity contribution >= 4 is 52.6 Å². The molecule has 2 aliphatic rings. The zero-order valence-corrected chi connectivity index (χ0v) is 20.2. The van der Waals surface area contributed by atoms with Gasteiger partial charge in [0.25, 0.3) is 17.7 Å². The van der Waals surface area contributed by atoms with Gasteiger partial charge in [0.2, 0.25) is 0 Å². The van der Waals surface area contributed by atoms with Gasteiger partial charge in [0, 0.05) is 11.3 Å². The predicted octanol–water partition coefficient (Wildman–Crippen LogP) is 0.461. The number of primary amides is 1. The summed E-state index contributed by atoms with van der Waals surface area (Å²) in [6.45, 7) is -0.383. The van der Waals surface area contributed by atoms with Crippen molar-refractivity contribution < 1.29 is 38.2 Å². The number of carbonyl (C=O) groups is 5. The molecule has 38 heavy (non-hydrogen) atoms. The highest BCUT2D eigenvalue weighted by atomic mass is 32.2. The van der Waals surface area contributed by atoms with Gasteiger partial charge in [-0.2, -0.15) is 0 Å². The predicted molar refractivity (Wildman–Crippen MR) is 130 cm³/mol. The lowest BCUT2D eigenvalue weighted by atomic mass is 10.0. The number of thioether (sulfide) groups is 1. The van der Waals surface area contributed by atoms with Gasteiger partial charge >= 0.3 is 12.1 Å². The Morgan fingerprint density at radius 2 is 2.05 bits per heavy atom. The topological polar surface area (TPSA) is 210 Å². The van der Waals surface area contributed by atoms with Gasteiger partial charge in [0.15, 0.2) is 11.9 Å². The molecular weight excluding hydrogens is 520 g/mol. The fourth-order valence-electron chi connectivity index (χ4n) is 4.17. The molecule has 2 aromatic heterocycles. The molecule has 5 rings (SSSR count). The first-order valence-corrected chi connectivity index (χ1v) is 12.2. The van der Waals surface area contributed by atoms with E-state index in [1.807, 2.05) is 0 Å². The Bertz CT molecular complexity index is 1450. The molecule has 2 unspecified atom stereocenters. The normalized spacial score (nSPS) is 19.4. The Balaban J connectivity index is 1.32. The number of β-lactam (4-membered cyclic amide) rings is 1. The number of hydrogen-bond acceptors (Lipinski definition) is 9. The number of furan rings is 1. The number of nitrogens with one attached hydrogen (secondary N) is 3. The van der Waals surface area contributed by atoms with Gasteiger partial charge < -0.3 is 35.6 Å². The number of nitrogens with two attached hydrogens (primary N) is 1. The van der Waals surface area contributed by atoms with Crippen molar-refractivity contribution in [1.29, 1.82) is 0 Å². The van der Waals surface area contributed by atoms with Crippen molar-refractivity contribution in [1.82, 2.24) is 25.5 Å². The summed E-state index contributed by atoms with van der Waals surface area (Å²) < 4.78 is 10.0. The third-order valence-electron chi connectivity index (χ3n) is 5.91. The average Bonchev–Trinajstić information content (AvgIpc) is 3.58. The van der Waals surface area contributed by atoms with Crippen LogP contribution in [0.3, 0.4) is 0 Å². The number of carboxylic acid groups (broad SMARTS) is 1. The summed E-state index contributed by atoms with van der Waals surface area (Å²) in [5.41, 5.74) is 6.03. The SMILES string of the molecule is NC(=O)OCC1=C(C(=O)O)N2C(=O)C(NC(=O)C(NC(=O)c3nc4ccccc4[nH]3)c3ccco3)[C@H]2SC1. The van der Waals surface area contributed by atoms with Crippen LogP contribution in [-0.4, -0.2) is 73.5 Å². The number of para-hydroxylation sites is 2. The van der Waals surface area contributed by atoms with Gasteiger partial charge in [-0.05, 0) is 24.3 Å². The van der Waals surface area contributed by atoms with Crippen LogP contribution in [0.4, 0.5) is 4.79 Å². The lowest BCUT2D eigenvalue weighted by molar-refractivity contribution is -0.151. The molecule has 6 N–H and O–H groups in total. The molecular formula is C23H20N6O8S. The van der Waals surface area contributed by atoms with Gasteiger partial charge in [-0.25, -0.2) is 14.6 Å². The Morgan fingerprint density at radius 3 is 2.74 bits per heavy atom. The molecule has 4 amide bonds. The monoisotopic (exact) mass is 540 g/mol. The molecule has 0 radical (unpaired) electrons. The molecule has 1 aromatic carbocycles. The second kappa shape index (κ2) is 9.93. The zero-order chi connectivity index (χ0) is 27.0. The Morgan fingerprint density at radius 1 is 1.26 bits per heavy atom. The molecule has 1 saturated heterocycles. The third kappa shape index (κ3) is 4.54. The summed E-state index contributed by atoms with van der Waals surface area (Å²) in [7, 11) is 0. The van der Waals surface area contributed by atoms with Crippen molar-refractivity contribution in [3.05, 3.63) is 65.5 Å². The Kier molecular flexibility index (Phi) is 6.50. The van der Waals surface area contributed by atoms with Crippen LogP contribution >= 0.6 is 11.8 Å². The minimum Gasteiger partial charge on any atom is -0.477 e. The molecule has 0 saturated carbocycles. The van der Waals surface area contributed by atoms with Crippen LogP contribution in [-0.2, 0) is 19.1 Å². The van der Waals surface area contributed by atoms with Crippen LogP contribution in [0.2, 0.25) is 0 Å². The number of carboxylic acids is 1. The smallest absolute Gasteiger partial charge is 0.404 e. The first-order chi connectivity index (χ1) is 18.2. The van der Waals surface area contributed by atoms with E-state index >= 15 is 0 Å². The lowest BCUT2D eigenvalue weighted by Gasteiger charge is -2.49. The maximum atomic E-state index is 13.3. The molecule has 2 aliphatic heterocycles. The first kappa shape index (κ1) is 24.9. The minimum atomic E-state index is -1.39.